The van der Waals surface area contributed by atoms with Crippen LogP contribution in [0.15, 0.2) is 41.6 Å². The van der Waals surface area contributed by atoms with E-state index in [-0.39, 0.29) is 17.6 Å². The van der Waals surface area contributed by atoms with Crippen LogP contribution in [-0.2, 0) is 4.79 Å². The Hall–Kier alpha value is -3.62. The number of hydrogen-bond acceptors (Lipinski definition) is 5. The molecule has 9 nitrogen and oxygen atoms in total. The molecule has 9 heteroatoms. The number of benzene rings is 1. The van der Waals surface area contributed by atoms with Crippen LogP contribution in [0.25, 0.3) is 11.0 Å². The number of amides is 2. The summed E-state index contributed by atoms with van der Waals surface area (Å²) in [5.41, 5.74) is 5.53. The van der Waals surface area contributed by atoms with Gasteiger partial charge in [0.25, 0.3) is 17.4 Å². The van der Waals surface area contributed by atoms with Gasteiger partial charge < -0.3 is 25.8 Å². The number of ether oxygens (including phenoxy) is 1. The lowest BCUT2D eigenvalue weighted by Crippen LogP contribution is -2.20. The summed E-state index contributed by atoms with van der Waals surface area (Å²) in [5.74, 6) is -0.702. The molecule has 0 aliphatic rings. The first kappa shape index (κ1) is 15.3. The number of rotatable bonds is 5. The summed E-state index contributed by atoms with van der Waals surface area (Å²) in [6.45, 7) is -0.263. The second kappa shape index (κ2) is 6.24. The van der Waals surface area contributed by atoms with E-state index in [4.69, 9.17) is 10.5 Å². The van der Waals surface area contributed by atoms with Gasteiger partial charge in [0.05, 0.1) is 17.3 Å². The smallest absolute Gasteiger partial charge is 0.261 e. The van der Waals surface area contributed by atoms with E-state index in [0.29, 0.717) is 17.1 Å². The summed E-state index contributed by atoms with van der Waals surface area (Å²) in [6, 6.07) is 6.46. The number of fused-ring (bicyclic) bond motifs is 1. The van der Waals surface area contributed by atoms with E-state index >= 15 is 0 Å². The van der Waals surface area contributed by atoms with Crippen LogP contribution in [0, 0.1) is 0 Å². The molecule has 0 radical (unpaired) electrons. The molecule has 0 aliphatic heterocycles. The van der Waals surface area contributed by atoms with Gasteiger partial charge in [0.1, 0.15) is 11.4 Å². The Balaban J connectivity index is 1.83. The second-order valence-electron chi connectivity index (χ2n) is 4.89. The van der Waals surface area contributed by atoms with Gasteiger partial charge in [-0.15, -0.1) is 0 Å². The van der Waals surface area contributed by atoms with Gasteiger partial charge in [0, 0.05) is 18.0 Å². The quantitative estimate of drug-likeness (QED) is 0.535. The van der Waals surface area contributed by atoms with E-state index in [0.717, 1.165) is 0 Å². The molecule has 24 heavy (non-hydrogen) atoms. The number of hydrogen-bond donors (Lipinski definition) is 4. The highest BCUT2D eigenvalue weighted by Gasteiger charge is 2.15. The molecular weight excluding hydrogens is 314 g/mol. The highest BCUT2D eigenvalue weighted by atomic mass is 16.5. The Morgan fingerprint density at radius 2 is 2.12 bits per heavy atom. The van der Waals surface area contributed by atoms with Crippen LogP contribution in [0.5, 0.6) is 5.75 Å². The molecule has 0 aliphatic carbocycles. The van der Waals surface area contributed by atoms with Gasteiger partial charge in [-0.05, 0) is 12.1 Å². The first-order chi connectivity index (χ1) is 11.5. The van der Waals surface area contributed by atoms with Gasteiger partial charge in [-0.25, -0.2) is 4.98 Å². The van der Waals surface area contributed by atoms with E-state index in [1.807, 2.05) is 0 Å². The molecule has 5 N–H and O–H groups in total. The number of carbonyl (C=O) groups excluding carboxylic acids is 2. The lowest BCUT2D eigenvalue weighted by atomic mass is 10.2. The molecular formula is C15H13N5O4. The zero-order valence-electron chi connectivity index (χ0n) is 12.3. The van der Waals surface area contributed by atoms with E-state index in [2.05, 4.69) is 20.3 Å². The fourth-order valence-corrected chi connectivity index (χ4v) is 2.17. The molecule has 0 fully saturated rings. The van der Waals surface area contributed by atoms with Gasteiger partial charge in [-0.2, -0.15) is 0 Å². The van der Waals surface area contributed by atoms with Crippen molar-refractivity contribution < 1.29 is 14.3 Å². The largest absolute Gasteiger partial charge is 0.484 e. The maximum Gasteiger partial charge on any atom is 0.261 e. The van der Waals surface area contributed by atoms with Crippen molar-refractivity contribution in [1.82, 2.24) is 15.0 Å². The van der Waals surface area contributed by atoms with Crippen LogP contribution in [0.2, 0.25) is 0 Å². The molecule has 0 bridgehead atoms. The number of carbonyl (C=O) groups is 2. The van der Waals surface area contributed by atoms with Crippen LogP contribution >= 0.6 is 0 Å². The number of nitrogens with one attached hydrogen (secondary N) is 3. The van der Waals surface area contributed by atoms with Crippen LogP contribution < -0.4 is 21.3 Å². The van der Waals surface area contributed by atoms with Gasteiger partial charge >= 0.3 is 0 Å². The lowest BCUT2D eigenvalue weighted by Gasteiger charge is -2.07. The maximum absolute atomic E-state index is 12.4. The Morgan fingerprint density at radius 3 is 2.92 bits per heavy atom. The fraction of sp³-hybridized carbons (Fsp3) is 0.0667. The summed E-state index contributed by atoms with van der Waals surface area (Å²) < 4.78 is 5.17. The van der Waals surface area contributed by atoms with E-state index < -0.39 is 17.4 Å². The molecule has 0 saturated carbocycles. The lowest BCUT2D eigenvalue weighted by molar-refractivity contribution is -0.119. The van der Waals surface area contributed by atoms with Crippen molar-refractivity contribution in [3.63, 3.8) is 0 Å². The summed E-state index contributed by atoms with van der Waals surface area (Å²) in [5, 5.41) is 2.83. The average molecular weight is 327 g/mol. The summed E-state index contributed by atoms with van der Waals surface area (Å²) in [6.07, 6.45) is 2.66. The van der Waals surface area contributed by atoms with E-state index in [9.17, 15) is 14.4 Å². The summed E-state index contributed by atoms with van der Waals surface area (Å²) in [7, 11) is 0. The zero-order valence-corrected chi connectivity index (χ0v) is 12.3. The number of aromatic amines is 2. The normalized spacial score (nSPS) is 10.5. The minimum atomic E-state index is -0.602. The molecule has 3 rings (SSSR count). The van der Waals surface area contributed by atoms with Crippen molar-refractivity contribution in [3.05, 3.63) is 52.7 Å². The molecule has 2 amide bonds. The molecule has 122 valence electrons. The van der Waals surface area contributed by atoms with Crippen LogP contribution in [0.1, 0.15) is 10.4 Å². The van der Waals surface area contributed by atoms with Crippen LogP contribution in [0.4, 0.5) is 5.69 Å². The highest BCUT2D eigenvalue weighted by Crippen LogP contribution is 2.19. The van der Waals surface area contributed by atoms with Gasteiger partial charge in [0.2, 0.25) is 0 Å². The van der Waals surface area contributed by atoms with Crippen molar-refractivity contribution >= 4 is 28.5 Å². The zero-order chi connectivity index (χ0) is 17.1. The number of primary amides is 1. The first-order valence-corrected chi connectivity index (χ1v) is 6.92. The third-order valence-corrected chi connectivity index (χ3v) is 3.19. The summed E-state index contributed by atoms with van der Waals surface area (Å²) >= 11 is 0. The number of nitrogens with two attached hydrogens (primary N) is 1. The average Bonchev–Trinajstić information content (AvgIpc) is 2.99. The van der Waals surface area contributed by atoms with E-state index in [1.165, 1.54) is 18.6 Å². The molecule has 0 saturated heterocycles. The minimum Gasteiger partial charge on any atom is -0.484 e. The molecule has 3 aromatic rings. The molecule has 0 unspecified atom stereocenters. The third-order valence-electron chi connectivity index (χ3n) is 3.19. The molecule has 2 aromatic heterocycles. The van der Waals surface area contributed by atoms with Crippen molar-refractivity contribution in [1.29, 1.82) is 0 Å². The van der Waals surface area contributed by atoms with Gasteiger partial charge in [-0.1, -0.05) is 6.07 Å². The SMILES string of the molecule is NC(=O)COc1cccc(NC(=O)c2c[nH]c3nc[nH]c(=O)c23)c1. The first-order valence-electron chi connectivity index (χ1n) is 6.92. The maximum atomic E-state index is 12.4. The second-order valence-corrected chi connectivity index (χ2v) is 4.89. The monoisotopic (exact) mass is 327 g/mol. The van der Waals surface area contributed by atoms with Crippen molar-refractivity contribution in [2.24, 2.45) is 5.73 Å². The molecule has 0 atom stereocenters. The minimum absolute atomic E-state index is 0.169. The molecule has 2 heterocycles. The predicted molar refractivity (Wildman–Crippen MR) is 85.8 cm³/mol. The number of aromatic nitrogens is 3. The number of H-pyrrole nitrogens is 2. The summed E-state index contributed by atoms with van der Waals surface area (Å²) in [4.78, 5) is 44.1. The topological polar surface area (TPSA) is 143 Å². The third kappa shape index (κ3) is 3.09. The van der Waals surface area contributed by atoms with Crippen molar-refractivity contribution in [3.8, 4) is 5.75 Å². The Labute approximate surface area is 134 Å². The highest BCUT2D eigenvalue weighted by molar-refractivity contribution is 6.12. The Morgan fingerprint density at radius 1 is 1.29 bits per heavy atom. The van der Waals surface area contributed by atoms with E-state index in [1.54, 1.807) is 18.2 Å². The van der Waals surface area contributed by atoms with Crippen molar-refractivity contribution in [2.45, 2.75) is 0 Å². The van der Waals surface area contributed by atoms with Crippen LogP contribution in [0.3, 0.4) is 0 Å². The number of anilines is 1. The molecule has 1 aromatic carbocycles. The standard InChI is InChI=1S/C15H13N5O4/c16-11(21)6-24-9-3-1-2-8(4-9)20-14(22)10-5-17-13-12(10)15(23)19-7-18-13/h1-5,7H,6H2,(H2,16,21)(H,20,22)(H2,17,18,19,23). The predicted octanol–water partition coefficient (Wildman–Crippen LogP) is 0.368. The number of nitrogens with zero attached hydrogens (tertiary/aromatic N) is 1. The van der Waals surface area contributed by atoms with Crippen molar-refractivity contribution in [2.75, 3.05) is 11.9 Å². The van der Waals surface area contributed by atoms with Crippen LogP contribution in [-0.4, -0.2) is 33.4 Å². The fourth-order valence-electron chi connectivity index (χ4n) is 2.17. The molecule has 0 spiro atoms. The Bertz CT molecular complexity index is 975. The Kier molecular flexibility index (Phi) is 3.98. The van der Waals surface area contributed by atoms with Gasteiger partial charge in [0.15, 0.2) is 6.61 Å². The van der Waals surface area contributed by atoms with Gasteiger partial charge in [-0.3, -0.25) is 14.4 Å².